The van der Waals surface area contributed by atoms with Crippen LogP contribution >= 0.6 is 0 Å². The lowest BCUT2D eigenvalue weighted by molar-refractivity contribution is 0.0766. The van der Waals surface area contributed by atoms with Crippen LogP contribution < -0.4 is 4.90 Å². The predicted octanol–water partition coefficient (Wildman–Crippen LogP) is 2.02. The van der Waals surface area contributed by atoms with Gasteiger partial charge < -0.3 is 14.4 Å². The van der Waals surface area contributed by atoms with Crippen molar-refractivity contribution in [3.8, 4) is 0 Å². The third-order valence-electron chi connectivity index (χ3n) is 5.40. The van der Waals surface area contributed by atoms with Crippen LogP contribution in [0.2, 0.25) is 0 Å². The van der Waals surface area contributed by atoms with E-state index in [4.69, 9.17) is 0 Å². The molecule has 0 N–H and O–H groups in total. The molecule has 4 aromatic rings. The second-order valence-corrected chi connectivity index (χ2v) is 7.48. The molecular formula is C22H22N8O. The van der Waals surface area contributed by atoms with E-state index >= 15 is 0 Å². The second-order valence-electron chi connectivity index (χ2n) is 7.48. The van der Waals surface area contributed by atoms with Crippen molar-refractivity contribution in [2.45, 2.75) is 13.0 Å². The standard InChI is InChI=1S/C22H22N8O/c31-21(28-8-3-9-29(11-10-28)22-24-6-2-7-25-22)18-12-19-20(26-14-18)30(16-27-19)15-17-4-1-5-23-13-17/h1-2,4-7,12-14,16H,3,8-11,15H2. The molecule has 0 unspecified atom stereocenters. The molecular weight excluding hydrogens is 392 g/mol. The highest BCUT2D eigenvalue weighted by molar-refractivity contribution is 5.96. The van der Waals surface area contributed by atoms with E-state index in [0.717, 1.165) is 24.2 Å². The van der Waals surface area contributed by atoms with Crippen LogP contribution in [-0.4, -0.2) is 66.5 Å². The van der Waals surface area contributed by atoms with Gasteiger partial charge >= 0.3 is 0 Å². The highest BCUT2D eigenvalue weighted by Crippen LogP contribution is 2.17. The van der Waals surface area contributed by atoms with Crippen LogP contribution in [0.1, 0.15) is 22.3 Å². The van der Waals surface area contributed by atoms with Gasteiger partial charge in [0.1, 0.15) is 5.52 Å². The third kappa shape index (κ3) is 4.07. The summed E-state index contributed by atoms with van der Waals surface area (Å²) < 4.78 is 1.96. The van der Waals surface area contributed by atoms with Crippen molar-refractivity contribution in [2.75, 3.05) is 31.1 Å². The van der Waals surface area contributed by atoms with E-state index in [0.29, 0.717) is 43.2 Å². The number of carbonyl (C=O) groups is 1. The Morgan fingerprint density at radius 1 is 0.935 bits per heavy atom. The lowest BCUT2D eigenvalue weighted by Gasteiger charge is -2.22. The molecule has 9 nitrogen and oxygen atoms in total. The number of aromatic nitrogens is 6. The lowest BCUT2D eigenvalue weighted by atomic mass is 10.2. The number of carbonyl (C=O) groups excluding carboxylic acids is 1. The van der Waals surface area contributed by atoms with Crippen LogP contribution in [0.25, 0.3) is 11.2 Å². The molecule has 1 saturated heterocycles. The topological polar surface area (TPSA) is 92.9 Å². The van der Waals surface area contributed by atoms with Gasteiger partial charge in [-0.3, -0.25) is 9.78 Å². The second kappa shape index (κ2) is 8.47. The molecule has 1 aliphatic heterocycles. The van der Waals surface area contributed by atoms with Gasteiger partial charge in [-0.05, 0) is 30.2 Å². The summed E-state index contributed by atoms with van der Waals surface area (Å²) in [5.41, 5.74) is 3.09. The van der Waals surface area contributed by atoms with Crippen molar-refractivity contribution in [3.05, 3.63) is 72.7 Å². The molecule has 5 rings (SSSR count). The van der Waals surface area contributed by atoms with E-state index in [1.807, 2.05) is 33.9 Å². The molecule has 0 spiro atoms. The minimum atomic E-state index is -0.0213. The summed E-state index contributed by atoms with van der Waals surface area (Å²) in [7, 11) is 0. The molecule has 0 atom stereocenters. The van der Waals surface area contributed by atoms with Crippen LogP contribution in [-0.2, 0) is 6.54 Å². The molecule has 1 aliphatic rings. The minimum absolute atomic E-state index is 0.0213. The summed E-state index contributed by atoms with van der Waals surface area (Å²) >= 11 is 0. The van der Waals surface area contributed by atoms with Crippen molar-refractivity contribution < 1.29 is 4.79 Å². The number of pyridine rings is 2. The minimum Gasteiger partial charge on any atom is -0.339 e. The predicted molar refractivity (Wildman–Crippen MR) is 116 cm³/mol. The quantitative estimate of drug-likeness (QED) is 0.504. The number of anilines is 1. The monoisotopic (exact) mass is 414 g/mol. The van der Waals surface area contributed by atoms with E-state index < -0.39 is 0 Å². The van der Waals surface area contributed by atoms with Gasteiger partial charge in [0.2, 0.25) is 5.95 Å². The molecule has 4 aromatic heterocycles. The fraction of sp³-hybridized carbons (Fsp3) is 0.273. The fourth-order valence-electron chi connectivity index (χ4n) is 3.83. The summed E-state index contributed by atoms with van der Waals surface area (Å²) in [6.45, 7) is 3.46. The Hall–Kier alpha value is -3.88. The molecule has 1 amide bonds. The SMILES string of the molecule is O=C(c1cnc2c(c1)ncn2Cc1cccnc1)N1CCCN(c2ncccn2)CC1. The average molecular weight is 414 g/mol. The zero-order valence-corrected chi connectivity index (χ0v) is 17.0. The highest BCUT2D eigenvalue weighted by atomic mass is 16.2. The van der Waals surface area contributed by atoms with Gasteiger partial charge in [-0.15, -0.1) is 0 Å². The van der Waals surface area contributed by atoms with Crippen LogP contribution in [0.15, 0.2) is 61.6 Å². The summed E-state index contributed by atoms with van der Waals surface area (Å²) in [5.74, 6) is 0.686. The molecule has 0 radical (unpaired) electrons. The molecule has 0 aromatic carbocycles. The smallest absolute Gasteiger partial charge is 0.255 e. The van der Waals surface area contributed by atoms with Crippen molar-refractivity contribution >= 4 is 23.0 Å². The first-order valence-electron chi connectivity index (χ1n) is 10.3. The molecule has 5 heterocycles. The zero-order valence-electron chi connectivity index (χ0n) is 17.0. The Morgan fingerprint density at radius 2 is 1.84 bits per heavy atom. The summed E-state index contributed by atoms with van der Waals surface area (Å²) in [4.78, 5) is 38.9. The zero-order chi connectivity index (χ0) is 21.0. The van der Waals surface area contributed by atoms with Gasteiger partial charge in [-0.2, -0.15) is 0 Å². The van der Waals surface area contributed by atoms with Gasteiger partial charge in [0.15, 0.2) is 5.65 Å². The first-order chi connectivity index (χ1) is 15.3. The normalized spacial score (nSPS) is 14.6. The van der Waals surface area contributed by atoms with Crippen molar-refractivity contribution in [2.24, 2.45) is 0 Å². The van der Waals surface area contributed by atoms with Crippen LogP contribution in [0, 0.1) is 0 Å². The van der Waals surface area contributed by atoms with E-state index in [1.54, 1.807) is 37.2 Å². The summed E-state index contributed by atoms with van der Waals surface area (Å²) in [5, 5.41) is 0. The highest BCUT2D eigenvalue weighted by Gasteiger charge is 2.22. The van der Waals surface area contributed by atoms with Gasteiger partial charge in [0.25, 0.3) is 5.91 Å². The number of imidazole rings is 1. The van der Waals surface area contributed by atoms with E-state index in [1.165, 1.54) is 0 Å². The van der Waals surface area contributed by atoms with Gasteiger partial charge in [0, 0.05) is 57.2 Å². The Labute approximate surface area is 179 Å². The molecule has 156 valence electrons. The maximum absolute atomic E-state index is 13.1. The largest absolute Gasteiger partial charge is 0.339 e. The fourth-order valence-corrected chi connectivity index (χ4v) is 3.83. The van der Waals surface area contributed by atoms with Gasteiger partial charge in [0.05, 0.1) is 18.4 Å². The Balaban J connectivity index is 1.30. The average Bonchev–Trinajstić information content (AvgIpc) is 3.05. The Morgan fingerprint density at radius 3 is 2.68 bits per heavy atom. The van der Waals surface area contributed by atoms with Crippen molar-refractivity contribution in [1.82, 2.24) is 34.4 Å². The van der Waals surface area contributed by atoms with E-state index in [2.05, 4.69) is 29.8 Å². The Kier molecular flexibility index (Phi) is 5.22. The van der Waals surface area contributed by atoms with E-state index in [9.17, 15) is 4.79 Å². The number of nitrogens with zero attached hydrogens (tertiary/aromatic N) is 8. The van der Waals surface area contributed by atoms with Crippen LogP contribution in [0.3, 0.4) is 0 Å². The summed E-state index contributed by atoms with van der Waals surface area (Å²) in [6, 6.07) is 7.55. The number of amides is 1. The molecule has 0 aliphatic carbocycles. The Bertz CT molecular complexity index is 1180. The van der Waals surface area contributed by atoms with Gasteiger partial charge in [-0.25, -0.2) is 19.9 Å². The first-order valence-corrected chi connectivity index (χ1v) is 10.3. The molecule has 9 heteroatoms. The molecule has 31 heavy (non-hydrogen) atoms. The number of fused-ring (bicyclic) bond motifs is 1. The molecule has 1 fully saturated rings. The molecule has 0 saturated carbocycles. The number of rotatable bonds is 4. The van der Waals surface area contributed by atoms with E-state index in [-0.39, 0.29) is 5.91 Å². The maximum Gasteiger partial charge on any atom is 0.255 e. The lowest BCUT2D eigenvalue weighted by Crippen LogP contribution is -2.35. The van der Waals surface area contributed by atoms with Crippen LogP contribution in [0.4, 0.5) is 5.95 Å². The third-order valence-corrected chi connectivity index (χ3v) is 5.40. The van der Waals surface area contributed by atoms with Crippen molar-refractivity contribution in [3.63, 3.8) is 0 Å². The maximum atomic E-state index is 13.1. The summed E-state index contributed by atoms with van der Waals surface area (Å²) in [6.07, 6.45) is 11.3. The number of hydrogen-bond donors (Lipinski definition) is 0. The van der Waals surface area contributed by atoms with Gasteiger partial charge in [-0.1, -0.05) is 6.07 Å². The molecule has 0 bridgehead atoms. The van der Waals surface area contributed by atoms with Crippen LogP contribution in [0.5, 0.6) is 0 Å². The number of hydrogen-bond acceptors (Lipinski definition) is 7. The van der Waals surface area contributed by atoms with Crippen molar-refractivity contribution in [1.29, 1.82) is 0 Å². The first kappa shape index (κ1) is 19.1.